The van der Waals surface area contributed by atoms with Crippen LogP contribution in [0, 0.1) is 5.82 Å². The third-order valence-electron chi connectivity index (χ3n) is 4.90. The van der Waals surface area contributed by atoms with Gasteiger partial charge in [-0.1, -0.05) is 11.6 Å². The smallest absolute Gasteiger partial charge is 0.272 e. The van der Waals surface area contributed by atoms with Crippen LogP contribution in [0.4, 0.5) is 10.1 Å². The SMILES string of the molecule is Cn1cc(NC(=O)c2cc(C(=O)c3c(Cl)ccc(OC4CCOCC4)c3F)c[nH]2)cn1. The number of benzene rings is 1. The fraction of sp³-hybridized carbons (Fsp3) is 0.286. The van der Waals surface area contributed by atoms with E-state index in [1.807, 2.05) is 0 Å². The summed E-state index contributed by atoms with van der Waals surface area (Å²) in [6.07, 6.45) is 5.54. The van der Waals surface area contributed by atoms with Gasteiger partial charge in [0.2, 0.25) is 0 Å². The van der Waals surface area contributed by atoms with Crippen LogP contribution in [0.15, 0.2) is 36.8 Å². The van der Waals surface area contributed by atoms with Crippen molar-refractivity contribution in [2.75, 3.05) is 18.5 Å². The van der Waals surface area contributed by atoms with E-state index in [2.05, 4.69) is 15.4 Å². The Labute approximate surface area is 182 Å². The van der Waals surface area contributed by atoms with Gasteiger partial charge in [0.25, 0.3) is 5.91 Å². The van der Waals surface area contributed by atoms with Crippen LogP contribution in [0.2, 0.25) is 5.02 Å². The van der Waals surface area contributed by atoms with Crippen molar-refractivity contribution in [1.29, 1.82) is 0 Å². The normalized spacial score (nSPS) is 14.4. The number of hydrogen-bond acceptors (Lipinski definition) is 5. The van der Waals surface area contributed by atoms with Gasteiger partial charge in [-0.15, -0.1) is 0 Å². The van der Waals surface area contributed by atoms with Crippen LogP contribution in [0.5, 0.6) is 5.75 Å². The summed E-state index contributed by atoms with van der Waals surface area (Å²) in [4.78, 5) is 28.1. The van der Waals surface area contributed by atoms with Crippen LogP contribution in [0.1, 0.15) is 39.3 Å². The van der Waals surface area contributed by atoms with E-state index in [4.69, 9.17) is 21.1 Å². The lowest BCUT2D eigenvalue weighted by Gasteiger charge is -2.24. The maximum Gasteiger partial charge on any atom is 0.272 e. The first-order chi connectivity index (χ1) is 14.9. The standard InChI is InChI=1S/C21H20ClFN4O4/c1-27-11-13(10-25-27)26-21(29)16-8-12(9-24-16)20(28)18-15(22)2-3-17(19(18)23)31-14-4-6-30-7-5-14/h2-3,8-11,14,24H,4-7H2,1H3,(H,26,29). The molecule has 0 saturated carbocycles. The van der Waals surface area contributed by atoms with Gasteiger partial charge in [-0.25, -0.2) is 4.39 Å². The fourth-order valence-electron chi connectivity index (χ4n) is 3.29. The van der Waals surface area contributed by atoms with Crippen LogP contribution in [-0.2, 0) is 11.8 Å². The zero-order valence-electron chi connectivity index (χ0n) is 16.7. The number of ketones is 1. The van der Waals surface area contributed by atoms with Crippen LogP contribution >= 0.6 is 11.6 Å². The Balaban J connectivity index is 1.54. The third-order valence-corrected chi connectivity index (χ3v) is 5.21. The molecule has 1 saturated heterocycles. The Morgan fingerprint density at radius 1 is 1.35 bits per heavy atom. The lowest BCUT2D eigenvalue weighted by molar-refractivity contribution is 0.0239. The zero-order valence-corrected chi connectivity index (χ0v) is 17.4. The molecule has 1 aliphatic heterocycles. The number of aromatic amines is 1. The van der Waals surface area contributed by atoms with Crippen molar-refractivity contribution in [3.63, 3.8) is 0 Å². The second-order valence-electron chi connectivity index (χ2n) is 7.15. The average molecular weight is 447 g/mol. The van der Waals surface area contributed by atoms with E-state index in [-0.39, 0.29) is 33.7 Å². The van der Waals surface area contributed by atoms with Gasteiger partial charge >= 0.3 is 0 Å². The molecule has 1 amide bonds. The van der Waals surface area contributed by atoms with Gasteiger partial charge in [-0.2, -0.15) is 5.10 Å². The number of amides is 1. The molecule has 2 N–H and O–H groups in total. The number of carbonyl (C=O) groups excluding carboxylic acids is 2. The Morgan fingerprint density at radius 2 is 2.13 bits per heavy atom. The van der Waals surface area contributed by atoms with E-state index in [0.29, 0.717) is 31.7 Å². The molecule has 0 spiro atoms. The Hall–Kier alpha value is -3.17. The van der Waals surface area contributed by atoms with Crippen molar-refractivity contribution in [1.82, 2.24) is 14.8 Å². The molecule has 31 heavy (non-hydrogen) atoms. The molecule has 3 heterocycles. The minimum atomic E-state index is -0.827. The number of halogens is 2. The summed E-state index contributed by atoms with van der Waals surface area (Å²) >= 11 is 6.13. The highest BCUT2D eigenvalue weighted by Gasteiger charge is 2.25. The highest BCUT2D eigenvalue weighted by molar-refractivity contribution is 6.35. The van der Waals surface area contributed by atoms with Crippen LogP contribution in [0.3, 0.4) is 0 Å². The molecule has 162 valence electrons. The Morgan fingerprint density at radius 3 is 2.84 bits per heavy atom. The summed E-state index contributed by atoms with van der Waals surface area (Å²) in [5.74, 6) is -1.98. The minimum absolute atomic E-state index is 0.0373. The maximum atomic E-state index is 15.1. The molecule has 0 radical (unpaired) electrons. The topological polar surface area (TPSA) is 98.2 Å². The minimum Gasteiger partial charge on any atom is -0.487 e. The second kappa shape index (κ2) is 8.91. The number of aryl methyl sites for hydroxylation is 1. The predicted octanol–water partition coefficient (Wildman–Crippen LogP) is 3.58. The van der Waals surface area contributed by atoms with E-state index in [1.54, 1.807) is 17.9 Å². The van der Waals surface area contributed by atoms with E-state index >= 15 is 4.39 Å². The van der Waals surface area contributed by atoms with Gasteiger partial charge in [0.15, 0.2) is 17.3 Å². The molecule has 8 nitrogen and oxygen atoms in total. The van der Waals surface area contributed by atoms with Crippen molar-refractivity contribution < 1.29 is 23.5 Å². The molecule has 0 atom stereocenters. The largest absolute Gasteiger partial charge is 0.487 e. The Bertz CT molecular complexity index is 1120. The number of carbonyl (C=O) groups is 2. The summed E-state index contributed by atoms with van der Waals surface area (Å²) in [7, 11) is 1.72. The van der Waals surface area contributed by atoms with Crippen LogP contribution < -0.4 is 10.1 Å². The highest BCUT2D eigenvalue weighted by Crippen LogP contribution is 2.31. The molecule has 0 aliphatic carbocycles. The van der Waals surface area contributed by atoms with Gasteiger partial charge in [0, 0.05) is 37.8 Å². The van der Waals surface area contributed by atoms with Crippen LogP contribution in [-0.4, -0.2) is 45.8 Å². The molecular formula is C21H20ClFN4O4. The molecule has 0 unspecified atom stereocenters. The lowest BCUT2D eigenvalue weighted by Crippen LogP contribution is -2.26. The van der Waals surface area contributed by atoms with Crippen molar-refractivity contribution >= 4 is 29.0 Å². The first-order valence-corrected chi connectivity index (χ1v) is 10.1. The number of anilines is 1. The molecule has 1 fully saturated rings. The van der Waals surface area contributed by atoms with Gasteiger partial charge < -0.3 is 19.8 Å². The summed E-state index contributed by atoms with van der Waals surface area (Å²) < 4.78 is 27.7. The van der Waals surface area contributed by atoms with Crippen molar-refractivity contribution in [2.45, 2.75) is 18.9 Å². The molecule has 10 heteroatoms. The summed E-state index contributed by atoms with van der Waals surface area (Å²) in [6, 6.07) is 4.18. The number of nitrogens with zero attached hydrogens (tertiary/aromatic N) is 2. The Kier molecular flexibility index (Phi) is 6.06. The number of H-pyrrole nitrogens is 1. The molecule has 0 bridgehead atoms. The zero-order chi connectivity index (χ0) is 22.0. The van der Waals surface area contributed by atoms with Gasteiger partial charge in [-0.3, -0.25) is 14.3 Å². The molecule has 3 aromatic rings. The van der Waals surface area contributed by atoms with Gasteiger partial charge in [0.05, 0.1) is 35.7 Å². The first-order valence-electron chi connectivity index (χ1n) is 9.68. The quantitative estimate of drug-likeness (QED) is 0.564. The maximum absolute atomic E-state index is 15.1. The second-order valence-corrected chi connectivity index (χ2v) is 7.56. The van der Waals surface area contributed by atoms with E-state index < -0.39 is 17.5 Å². The van der Waals surface area contributed by atoms with Crippen molar-refractivity contribution in [3.8, 4) is 5.75 Å². The van der Waals surface area contributed by atoms with Crippen LogP contribution in [0.25, 0.3) is 0 Å². The van der Waals surface area contributed by atoms with Gasteiger partial charge in [0.1, 0.15) is 11.8 Å². The highest BCUT2D eigenvalue weighted by atomic mass is 35.5. The third kappa shape index (κ3) is 4.62. The number of nitrogens with one attached hydrogen (secondary N) is 2. The van der Waals surface area contributed by atoms with E-state index in [0.717, 1.165) is 0 Å². The summed E-state index contributed by atoms with van der Waals surface area (Å²) in [6.45, 7) is 1.08. The lowest BCUT2D eigenvalue weighted by atomic mass is 10.0. The number of ether oxygens (including phenoxy) is 2. The fourth-order valence-corrected chi connectivity index (χ4v) is 3.52. The number of aromatic nitrogens is 3. The van der Waals surface area contributed by atoms with Crippen molar-refractivity contribution in [2.24, 2.45) is 7.05 Å². The monoisotopic (exact) mass is 446 g/mol. The molecule has 1 aliphatic rings. The molecule has 4 rings (SSSR count). The predicted molar refractivity (Wildman–Crippen MR) is 111 cm³/mol. The molecule has 1 aromatic carbocycles. The average Bonchev–Trinajstić information content (AvgIpc) is 3.40. The van der Waals surface area contributed by atoms with Gasteiger partial charge in [-0.05, 0) is 18.2 Å². The van der Waals surface area contributed by atoms with Crippen molar-refractivity contribution in [3.05, 3.63) is 64.5 Å². The summed E-state index contributed by atoms with van der Waals surface area (Å²) in [5.41, 5.74) is 0.435. The first kappa shape index (κ1) is 21.1. The number of hydrogen-bond donors (Lipinski definition) is 2. The summed E-state index contributed by atoms with van der Waals surface area (Å²) in [5, 5.41) is 6.58. The van der Waals surface area contributed by atoms with E-state index in [1.165, 1.54) is 30.6 Å². The molecular weight excluding hydrogens is 427 g/mol. The molecule has 2 aromatic heterocycles. The van der Waals surface area contributed by atoms with E-state index in [9.17, 15) is 9.59 Å². The number of rotatable bonds is 6.